The third-order valence-electron chi connectivity index (χ3n) is 3.68. The number of benzene rings is 1. The number of amides is 1. The molecule has 0 atom stereocenters. The number of ether oxygens (including phenoxy) is 1. The van der Waals surface area contributed by atoms with Crippen LogP contribution in [0.2, 0.25) is 0 Å². The number of hydrogen-bond donors (Lipinski definition) is 2. The van der Waals surface area contributed by atoms with Crippen LogP contribution in [0.1, 0.15) is 19.4 Å². The molecule has 1 amide bonds. The Morgan fingerprint density at radius 1 is 1.23 bits per heavy atom. The lowest BCUT2D eigenvalue weighted by Crippen LogP contribution is -2.42. The molecule has 138 valence electrons. The maximum atomic E-state index is 12.3. The van der Waals surface area contributed by atoms with Gasteiger partial charge in [0.1, 0.15) is 5.82 Å². The van der Waals surface area contributed by atoms with E-state index in [0.717, 1.165) is 10.5 Å². The van der Waals surface area contributed by atoms with Gasteiger partial charge in [-0.05, 0) is 12.5 Å². The summed E-state index contributed by atoms with van der Waals surface area (Å²) in [6, 6.07) is 9.06. The Morgan fingerprint density at radius 3 is 2.46 bits per heavy atom. The summed E-state index contributed by atoms with van der Waals surface area (Å²) in [5, 5.41) is 0. The Hall–Kier alpha value is -3.36. The number of anilines is 2. The van der Waals surface area contributed by atoms with Gasteiger partial charge < -0.3 is 15.4 Å². The Bertz CT molecular complexity index is 917. The predicted molar refractivity (Wildman–Crippen MR) is 95.9 cm³/mol. The topological polar surface area (TPSA) is 127 Å². The molecule has 26 heavy (non-hydrogen) atoms. The molecule has 0 saturated carbocycles. The summed E-state index contributed by atoms with van der Waals surface area (Å²) in [6.45, 7) is 2.52. The fraction of sp³-hybridized carbons (Fsp3) is 0.294. The van der Waals surface area contributed by atoms with Crippen LogP contribution in [0.3, 0.4) is 0 Å². The summed E-state index contributed by atoms with van der Waals surface area (Å²) in [7, 11) is 0. The van der Waals surface area contributed by atoms with Crippen molar-refractivity contribution >= 4 is 23.4 Å². The Kier molecular flexibility index (Phi) is 5.94. The van der Waals surface area contributed by atoms with Crippen molar-refractivity contribution < 1.29 is 14.3 Å². The largest absolute Gasteiger partial charge is 0.456 e. The number of nitrogens with one attached hydrogen (secondary N) is 1. The molecule has 0 aliphatic heterocycles. The molecule has 0 aliphatic carbocycles. The van der Waals surface area contributed by atoms with Crippen molar-refractivity contribution in [3.63, 3.8) is 0 Å². The standard InChI is InChI=1S/C17H20N4O5/c1-3-20(13(23)10-26-11(2)22)14-15(18)21(17(25)19-16(14)24)9-12-7-5-4-6-8-12/h4-8H,3,9-10,18H2,1-2H3,(H,19,24,25). The Labute approximate surface area is 149 Å². The van der Waals surface area contributed by atoms with Gasteiger partial charge in [-0.3, -0.25) is 23.9 Å². The third kappa shape index (κ3) is 4.18. The van der Waals surface area contributed by atoms with Gasteiger partial charge in [-0.2, -0.15) is 0 Å². The quantitative estimate of drug-likeness (QED) is 0.703. The zero-order valence-electron chi connectivity index (χ0n) is 14.5. The van der Waals surface area contributed by atoms with Crippen molar-refractivity contribution in [2.24, 2.45) is 0 Å². The zero-order valence-corrected chi connectivity index (χ0v) is 14.5. The molecule has 2 aromatic rings. The van der Waals surface area contributed by atoms with E-state index in [9.17, 15) is 19.2 Å². The van der Waals surface area contributed by atoms with E-state index in [0.29, 0.717) is 0 Å². The van der Waals surface area contributed by atoms with Gasteiger partial charge in [0.15, 0.2) is 12.3 Å². The Morgan fingerprint density at radius 2 is 1.88 bits per heavy atom. The summed E-state index contributed by atoms with van der Waals surface area (Å²) < 4.78 is 5.86. The lowest BCUT2D eigenvalue weighted by Gasteiger charge is -2.23. The summed E-state index contributed by atoms with van der Waals surface area (Å²) in [5.41, 5.74) is 5.23. The van der Waals surface area contributed by atoms with Crippen LogP contribution in [0.5, 0.6) is 0 Å². The average molecular weight is 360 g/mol. The zero-order chi connectivity index (χ0) is 19.3. The lowest BCUT2D eigenvalue weighted by atomic mass is 10.2. The highest BCUT2D eigenvalue weighted by atomic mass is 16.5. The molecule has 0 unspecified atom stereocenters. The average Bonchev–Trinajstić information content (AvgIpc) is 2.61. The van der Waals surface area contributed by atoms with Gasteiger partial charge in [0, 0.05) is 13.5 Å². The first-order valence-electron chi connectivity index (χ1n) is 7.95. The van der Waals surface area contributed by atoms with E-state index < -0.39 is 29.7 Å². The smallest absolute Gasteiger partial charge is 0.330 e. The second kappa shape index (κ2) is 8.15. The third-order valence-corrected chi connectivity index (χ3v) is 3.68. The van der Waals surface area contributed by atoms with E-state index in [4.69, 9.17) is 5.73 Å². The van der Waals surface area contributed by atoms with Crippen molar-refractivity contribution in [1.82, 2.24) is 9.55 Å². The summed E-state index contributed by atoms with van der Waals surface area (Å²) in [5.74, 6) is -1.38. The maximum Gasteiger partial charge on any atom is 0.330 e. The molecule has 1 aromatic carbocycles. The second-order valence-corrected chi connectivity index (χ2v) is 5.48. The molecule has 0 saturated heterocycles. The van der Waals surface area contributed by atoms with Crippen molar-refractivity contribution in [1.29, 1.82) is 0 Å². The number of nitrogen functional groups attached to an aromatic ring is 1. The molecule has 0 spiro atoms. The number of nitrogens with two attached hydrogens (primary N) is 1. The fourth-order valence-corrected chi connectivity index (χ4v) is 2.46. The molecule has 0 radical (unpaired) electrons. The SMILES string of the molecule is CCN(C(=O)COC(C)=O)c1c(N)n(Cc2ccccc2)c(=O)[nH]c1=O. The van der Waals surface area contributed by atoms with Gasteiger partial charge in [0.25, 0.3) is 11.5 Å². The monoisotopic (exact) mass is 360 g/mol. The minimum Gasteiger partial charge on any atom is -0.456 e. The highest BCUT2D eigenvalue weighted by molar-refractivity contribution is 5.97. The predicted octanol–water partition coefficient (Wildman–Crippen LogP) is 0.0831. The first-order chi connectivity index (χ1) is 12.3. The first-order valence-corrected chi connectivity index (χ1v) is 7.95. The van der Waals surface area contributed by atoms with Crippen LogP contribution < -0.4 is 21.9 Å². The van der Waals surface area contributed by atoms with Crippen molar-refractivity contribution in [2.75, 3.05) is 23.8 Å². The van der Waals surface area contributed by atoms with E-state index in [1.807, 2.05) is 18.2 Å². The molecular weight excluding hydrogens is 340 g/mol. The number of likely N-dealkylation sites (N-methyl/N-ethyl adjacent to an activating group) is 1. The summed E-state index contributed by atoms with van der Waals surface area (Å²) >= 11 is 0. The highest BCUT2D eigenvalue weighted by Crippen LogP contribution is 2.17. The number of rotatable bonds is 6. The minimum absolute atomic E-state index is 0.108. The number of nitrogens with zero attached hydrogens (tertiary/aromatic N) is 2. The van der Waals surface area contributed by atoms with Crippen LogP contribution in [0.4, 0.5) is 11.5 Å². The van der Waals surface area contributed by atoms with Crippen LogP contribution >= 0.6 is 0 Å². The number of carbonyl (C=O) groups is 2. The van der Waals surface area contributed by atoms with Crippen molar-refractivity contribution in [3.8, 4) is 0 Å². The number of carbonyl (C=O) groups excluding carboxylic acids is 2. The number of esters is 1. The summed E-state index contributed by atoms with van der Waals surface area (Å²) in [6.07, 6.45) is 0. The molecule has 9 heteroatoms. The van der Waals surface area contributed by atoms with E-state index in [2.05, 4.69) is 9.72 Å². The molecule has 3 N–H and O–H groups in total. The molecule has 9 nitrogen and oxygen atoms in total. The number of aromatic amines is 1. The molecule has 0 bridgehead atoms. The Balaban J connectivity index is 2.46. The van der Waals surface area contributed by atoms with Crippen LogP contribution in [-0.2, 0) is 20.9 Å². The van der Waals surface area contributed by atoms with Crippen LogP contribution in [-0.4, -0.2) is 34.6 Å². The van der Waals surface area contributed by atoms with E-state index in [-0.39, 0.29) is 24.6 Å². The van der Waals surface area contributed by atoms with Crippen LogP contribution in [0, 0.1) is 0 Å². The van der Waals surface area contributed by atoms with E-state index >= 15 is 0 Å². The van der Waals surface area contributed by atoms with E-state index in [1.165, 1.54) is 11.5 Å². The van der Waals surface area contributed by atoms with Gasteiger partial charge in [-0.25, -0.2) is 4.79 Å². The fourth-order valence-electron chi connectivity index (χ4n) is 2.46. The number of aromatic nitrogens is 2. The van der Waals surface area contributed by atoms with Gasteiger partial charge in [-0.1, -0.05) is 30.3 Å². The highest BCUT2D eigenvalue weighted by Gasteiger charge is 2.23. The minimum atomic E-state index is -0.783. The number of hydrogen-bond acceptors (Lipinski definition) is 6. The van der Waals surface area contributed by atoms with Crippen LogP contribution in [0.15, 0.2) is 39.9 Å². The molecular formula is C17H20N4O5. The van der Waals surface area contributed by atoms with Crippen molar-refractivity contribution in [2.45, 2.75) is 20.4 Å². The first kappa shape index (κ1) is 19.0. The molecule has 1 heterocycles. The van der Waals surface area contributed by atoms with Gasteiger partial charge >= 0.3 is 11.7 Å². The maximum absolute atomic E-state index is 12.3. The molecule has 0 fully saturated rings. The van der Waals surface area contributed by atoms with Gasteiger partial charge in [0.05, 0.1) is 6.54 Å². The molecule has 0 aliphatic rings. The van der Waals surface area contributed by atoms with Gasteiger partial charge in [0.2, 0.25) is 0 Å². The van der Waals surface area contributed by atoms with E-state index in [1.54, 1.807) is 19.1 Å². The van der Waals surface area contributed by atoms with Gasteiger partial charge in [-0.15, -0.1) is 0 Å². The molecule has 1 aromatic heterocycles. The van der Waals surface area contributed by atoms with Crippen LogP contribution in [0.25, 0.3) is 0 Å². The summed E-state index contributed by atoms with van der Waals surface area (Å²) in [4.78, 5) is 50.9. The molecule has 2 rings (SSSR count). The normalized spacial score (nSPS) is 10.4. The van der Waals surface area contributed by atoms with Crippen molar-refractivity contribution in [3.05, 3.63) is 56.7 Å². The lowest BCUT2D eigenvalue weighted by molar-refractivity contribution is -0.145. The number of H-pyrrole nitrogens is 1. The second-order valence-electron chi connectivity index (χ2n) is 5.48.